The lowest BCUT2D eigenvalue weighted by atomic mass is 10.0. The van der Waals surface area contributed by atoms with E-state index < -0.39 is 42.1 Å². The number of hydrogen-bond donors (Lipinski definition) is 0. The van der Waals surface area contributed by atoms with E-state index in [-0.39, 0.29) is 70.1 Å². The summed E-state index contributed by atoms with van der Waals surface area (Å²) in [5.74, 6) is -1.64. The Labute approximate surface area is 278 Å². The predicted molar refractivity (Wildman–Crippen MR) is 171 cm³/mol. The summed E-state index contributed by atoms with van der Waals surface area (Å²) in [6, 6.07) is 5.19. The first-order valence-electron chi connectivity index (χ1n) is 15.5. The zero-order valence-electron chi connectivity index (χ0n) is 26.7. The third-order valence-corrected chi connectivity index (χ3v) is 8.97. The highest BCUT2D eigenvalue weighted by atomic mass is 35.5. The number of fused-ring (bicyclic) bond motifs is 2. The van der Waals surface area contributed by atoms with Gasteiger partial charge in [-0.05, 0) is 58.7 Å². The number of hydrogen-bond acceptors (Lipinski definition) is 8. The second-order valence-electron chi connectivity index (χ2n) is 13.0. The number of carbonyl (C=O) groups excluding carboxylic acids is 1. The summed E-state index contributed by atoms with van der Waals surface area (Å²) in [4.78, 5) is 30.1. The number of benzene rings is 2. The first-order valence-corrected chi connectivity index (χ1v) is 15.9. The van der Waals surface area contributed by atoms with Gasteiger partial charge in [-0.2, -0.15) is 23.1 Å². The first kappa shape index (κ1) is 33.8. The molecule has 4 aromatic rings. The highest BCUT2D eigenvalue weighted by Gasteiger charge is 2.50. The summed E-state index contributed by atoms with van der Waals surface area (Å²) in [5, 5.41) is 0.616. The number of carbonyl (C=O) groups is 1. The molecule has 9 nitrogen and oxygen atoms in total. The molecule has 2 fully saturated rings. The average Bonchev–Trinajstić information content (AvgIpc) is 3.44. The monoisotopic (exact) mass is 692 g/mol. The Morgan fingerprint density at radius 3 is 2.52 bits per heavy atom. The molecule has 1 amide bonds. The number of ether oxygens (including phenoxy) is 2. The van der Waals surface area contributed by atoms with Crippen molar-refractivity contribution in [3.63, 3.8) is 0 Å². The molecule has 2 saturated heterocycles. The minimum absolute atomic E-state index is 0.0331. The van der Waals surface area contributed by atoms with Gasteiger partial charge in [0.15, 0.2) is 5.82 Å². The number of halogens is 6. The van der Waals surface area contributed by atoms with E-state index in [0.717, 1.165) is 19.4 Å². The maximum absolute atomic E-state index is 16.6. The van der Waals surface area contributed by atoms with Gasteiger partial charge in [0, 0.05) is 42.8 Å². The average molecular weight is 693 g/mol. The van der Waals surface area contributed by atoms with Crippen molar-refractivity contribution in [1.29, 1.82) is 0 Å². The van der Waals surface area contributed by atoms with Gasteiger partial charge in [0.2, 0.25) is 0 Å². The van der Waals surface area contributed by atoms with Gasteiger partial charge in [0.25, 0.3) is 0 Å². The van der Waals surface area contributed by atoms with E-state index in [1.807, 2.05) is 7.05 Å². The van der Waals surface area contributed by atoms with Crippen molar-refractivity contribution in [2.45, 2.75) is 57.5 Å². The minimum Gasteiger partial charge on any atom is -0.462 e. The van der Waals surface area contributed by atoms with Crippen molar-refractivity contribution in [2.75, 3.05) is 44.7 Å². The molecule has 2 aliphatic heterocycles. The minimum atomic E-state index is -4.82. The Balaban J connectivity index is 1.45. The van der Waals surface area contributed by atoms with E-state index in [1.165, 1.54) is 23.2 Å². The van der Waals surface area contributed by atoms with Gasteiger partial charge in [0.05, 0.1) is 10.4 Å². The summed E-state index contributed by atoms with van der Waals surface area (Å²) in [7, 11) is 1.95. The van der Waals surface area contributed by atoms with Gasteiger partial charge in [-0.25, -0.2) is 13.6 Å². The van der Waals surface area contributed by atoms with Gasteiger partial charge in [-0.15, -0.1) is 0 Å². The molecule has 2 atom stereocenters. The molecule has 4 heterocycles. The summed E-state index contributed by atoms with van der Waals surface area (Å²) >= 11 is 6.33. The standard InChI is InChI=1S/C33H34ClF5N6O3/c1-32(2,3)48-31(46)45-14-13-44(16-23(45)33(37,38)39)29-21-15-40-27(20-9-5-7-18-10-11-22(35)25(34)24(18)20)26(36)28(21)41-30(42-29)47-17-19-8-6-12-43(19)4/h5,7,9-11,15,19,23H,6,8,12-14,16-17H2,1-4H3/t19-,23?/m0/s1. The van der Waals surface area contributed by atoms with E-state index in [0.29, 0.717) is 10.3 Å². The molecule has 2 aromatic heterocycles. The quantitative estimate of drug-likeness (QED) is 0.203. The molecular weight excluding hydrogens is 659 g/mol. The Kier molecular flexibility index (Phi) is 9.00. The molecule has 0 spiro atoms. The summed E-state index contributed by atoms with van der Waals surface area (Å²) in [6.45, 7) is 4.63. The third-order valence-electron chi connectivity index (χ3n) is 8.60. The van der Waals surface area contributed by atoms with Crippen molar-refractivity contribution < 1.29 is 36.2 Å². The van der Waals surface area contributed by atoms with Crippen molar-refractivity contribution in [3.8, 4) is 17.3 Å². The molecule has 1 unspecified atom stereocenters. The van der Waals surface area contributed by atoms with Crippen LogP contribution >= 0.6 is 11.6 Å². The van der Waals surface area contributed by atoms with Crippen LogP contribution < -0.4 is 9.64 Å². The molecule has 48 heavy (non-hydrogen) atoms. The maximum Gasteiger partial charge on any atom is 0.410 e. The number of rotatable bonds is 5. The fraction of sp³-hybridized carbons (Fsp3) is 0.455. The normalized spacial score (nSPS) is 19.4. The topological polar surface area (TPSA) is 83.9 Å². The van der Waals surface area contributed by atoms with Crippen molar-refractivity contribution >= 4 is 45.2 Å². The fourth-order valence-corrected chi connectivity index (χ4v) is 6.45. The third kappa shape index (κ3) is 6.64. The van der Waals surface area contributed by atoms with Crippen LogP contribution in [0.1, 0.15) is 33.6 Å². The van der Waals surface area contributed by atoms with E-state index in [2.05, 4.69) is 19.9 Å². The summed E-state index contributed by atoms with van der Waals surface area (Å²) < 4.78 is 85.7. The number of alkyl halides is 3. The van der Waals surface area contributed by atoms with Gasteiger partial charge >= 0.3 is 18.3 Å². The fourth-order valence-electron chi connectivity index (χ4n) is 6.18. The molecule has 2 aromatic carbocycles. The van der Waals surface area contributed by atoms with E-state index in [4.69, 9.17) is 21.1 Å². The van der Waals surface area contributed by atoms with Crippen LogP contribution in [0.2, 0.25) is 5.02 Å². The molecule has 0 saturated carbocycles. The molecule has 0 bridgehead atoms. The lowest BCUT2D eigenvalue weighted by Gasteiger charge is -2.42. The zero-order chi connectivity index (χ0) is 34.5. The van der Waals surface area contributed by atoms with Crippen LogP contribution in [-0.2, 0) is 4.74 Å². The van der Waals surface area contributed by atoms with Gasteiger partial charge < -0.3 is 19.3 Å². The van der Waals surface area contributed by atoms with Gasteiger partial charge in [-0.1, -0.05) is 35.9 Å². The molecule has 15 heteroatoms. The lowest BCUT2D eigenvalue weighted by Crippen LogP contribution is -2.61. The molecule has 0 N–H and O–H groups in total. The maximum atomic E-state index is 16.6. The zero-order valence-corrected chi connectivity index (χ0v) is 27.5. The van der Waals surface area contributed by atoms with Gasteiger partial charge in [0.1, 0.15) is 41.1 Å². The number of nitrogens with zero attached hydrogens (tertiary/aromatic N) is 6. The van der Waals surface area contributed by atoms with Crippen LogP contribution in [0.4, 0.5) is 32.6 Å². The van der Waals surface area contributed by atoms with Crippen molar-refractivity contribution in [3.05, 3.63) is 53.2 Å². The number of piperazine rings is 1. The highest BCUT2D eigenvalue weighted by Crippen LogP contribution is 2.39. The molecule has 0 aliphatic carbocycles. The smallest absolute Gasteiger partial charge is 0.410 e. The second kappa shape index (κ2) is 12.8. The summed E-state index contributed by atoms with van der Waals surface area (Å²) in [6.07, 6.45) is -2.81. The van der Waals surface area contributed by atoms with Crippen LogP contribution in [0.15, 0.2) is 36.5 Å². The number of likely N-dealkylation sites (N-methyl/N-ethyl adjacent to an activating group) is 1. The number of amides is 1. The Morgan fingerprint density at radius 1 is 1.06 bits per heavy atom. The van der Waals surface area contributed by atoms with Crippen LogP contribution in [0, 0.1) is 11.6 Å². The Morgan fingerprint density at radius 2 is 1.83 bits per heavy atom. The molecule has 0 radical (unpaired) electrons. The highest BCUT2D eigenvalue weighted by molar-refractivity contribution is 6.36. The molecule has 6 rings (SSSR count). The van der Waals surface area contributed by atoms with E-state index in [1.54, 1.807) is 39.0 Å². The SMILES string of the molecule is CN1CCC[C@H]1COc1nc(N2CCN(C(=O)OC(C)(C)C)C(C(F)(F)F)C2)c2cnc(-c3cccc4ccc(F)c(Cl)c34)c(F)c2n1. The van der Waals surface area contributed by atoms with Crippen molar-refractivity contribution in [2.24, 2.45) is 0 Å². The Hall–Kier alpha value is -4.04. The first-order chi connectivity index (χ1) is 22.6. The summed E-state index contributed by atoms with van der Waals surface area (Å²) in [5.41, 5.74) is -1.24. The number of pyridine rings is 1. The van der Waals surface area contributed by atoms with Crippen LogP contribution in [0.3, 0.4) is 0 Å². The number of likely N-dealkylation sites (tertiary alicyclic amines) is 1. The van der Waals surface area contributed by atoms with Crippen LogP contribution in [0.25, 0.3) is 32.9 Å². The van der Waals surface area contributed by atoms with Crippen molar-refractivity contribution in [1.82, 2.24) is 24.8 Å². The predicted octanol–water partition coefficient (Wildman–Crippen LogP) is 7.24. The second-order valence-corrected chi connectivity index (χ2v) is 13.4. The largest absolute Gasteiger partial charge is 0.462 e. The van der Waals surface area contributed by atoms with Crippen LogP contribution in [-0.4, -0.2) is 94.5 Å². The number of aromatic nitrogens is 3. The molecule has 256 valence electrons. The lowest BCUT2D eigenvalue weighted by molar-refractivity contribution is -0.181. The Bertz CT molecular complexity index is 1870. The van der Waals surface area contributed by atoms with E-state index in [9.17, 15) is 22.4 Å². The molecular formula is C33H34ClF5N6O3. The number of anilines is 1. The van der Waals surface area contributed by atoms with Gasteiger partial charge in [-0.3, -0.25) is 9.88 Å². The van der Waals surface area contributed by atoms with E-state index >= 15 is 4.39 Å². The molecule has 2 aliphatic rings. The van der Waals surface area contributed by atoms with Crippen LogP contribution in [0.5, 0.6) is 6.01 Å².